The molecule has 0 radical (unpaired) electrons. The summed E-state index contributed by atoms with van der Waals surface area (Å²) >= 11 is 0. The van der Waals surface area contributed by atoms with Gasteiger partial charge in [-0.05, 0) is 65.0 Å². The Morgan fingerprint density at radius 2 is 1.28 bits per heavy atom. The standard InChI is InChI=1S/C40H28N4O.Pt/c1-27-12-9-13-28(2)39(27)37-26-44(43-42-37)30-15-11-17-32(25-30)45-31-16-10-14-29(24-31)40(38-22-7-8-23-41-38)35-20-5-3-18-33(35)34-19-4-6-21-36(34)40;/h3-23,26H,1-2H3;/q-2;+2. The third-order valence-corrected chi connectivity index (χ3v) is 8.62. The van der Waals surface area contributed by atoms with Crippen molar-refractivity contribution in [1.29, 1.82) is 0 Å². The first-order valence-corrected chi connectivity index (χ1v) is 15.0. The Balaban J connectivity index is 0.00000338. The molecule has 0 N–H and O–H groups in total. The van der Waals surface area contributed by atoms with E-state index in [2.05, 4.69) is 115 Å². The molecule has 0 amide bonds. The third kappa shape index (κ3) is 4.79. The molecule has 224 valence electrons. The largest absolute Gasteiger partial charge is 2.00 e. The van der Waals surface area contributed by atoms with Gasteiger partial charge in [-0.2, -0.15) is 18.2 Å². The molecule has 5 nitrogen and oxygen atoms in total. The van der Waals surface area contributed by atoms with E-state index < -0.39 is 5.41 Å². The first-order chi connectivity index (χ1) is 22.1. The molecule has 1 aliphatic rings. The summed E-state index contributed by atoms with van der Waals surface area (Å²) in [5.74, 6) is 1.15. The van der Waals surface area contributed by atoms with Crippen molar-refractivity contribution < 1.29 is 25.8 Å². The maximum Gasteiger partial charge on any atom is 2.00 e. The van der Waals surface area contributed by atoms with E-state index in [9.17, 15) is 0 Å². The molecule has 0 atom stereocenters. The van der Waals surface area contributed by atoms with Crippen molar-refractivity contribution >= 4 is 0 Å². The molecule has 0 fully saturated rings. The van der Waals surface area contributed by atoms with Crippen molar-refractivity contribution in [2.45, 2.75) is 19.3 Å². The number of fused-ring (bicyclic) bond motifs is 3. The van der Waals surface area contributed by atoms with Crippen molar-refractivity contribution in [1.82, 2.24) is 20.0 Å². The summed E-state index contributed by atoms with van der Waals surface area (Å²) in [6, 6.07) is 48.3. The first kappa shape index (κ1) is 29.6. The molecule has 0 aliphatic heterocycles. The maximum atomic E-state index is 6.43. The predicted molar refractivity (Wildman–Crippen MR) is 176 cm³/mol. The number of hydrogen-bond acceptors (Lipinski definition) is 4. The van der Waals surface area contributed by atoms with E-state index >= 15 is 0 Å². The molecule has 0 bridgehead atoms. The Hall–Kier alpha value is -5.12. The van der Waals surface area contributed by atoms with Crippen molar-refractivity contribution in [3.05, 3.63) is 179 Å². The van der Waals surface area contributed by atoms with Gasteiger partial charge in [0.1, 0.15) is 5.69 Å². The quantitative estimate of drug-likeness (QED) is 0.159. The van der Waals surface area contributed by atoms with Crippen LogP contribution < -0.4 is 4.74 Å². The summed E-state index contributed by atoms with van der Waals surface area (Å²) in [4.78, 5) is 4.92. The molecule has 5 aromatic carbocycles. The average molecular weight is 776 g/mol. The van der Waals surface area contributed by atoms with Gasteiger partial charge >= 0.3 is 21.1 Å². The topological polar surface area (TPSA) is 52.8 Å². The predicted octanol–water partition coefficient (Wildman–Crippen LogP) is 8.70. The van der Waals surface area contributed by atoms with Crippen molar-refractivity contribution in [3.8, 4) is 39.6 Å². The molecule has 0 unspecified atom stereocenters. The number of hydrogen-bond donors (Lipinski definition) is 0. The second kappa shape index (κ2) is 12.0. The number of aryl methyl sites for hydroxylation is 2. The Morgan fingerprint density at radius 1 is 0.652 bits per heavy atom. The van der Waals surface area contributed by atoms with Gasteiger partial charge in [0.25, 0.3) is 0 Å². The monoisotopic (exact) mass is 775 g/mol. The van der Waals surface area contributed by atoms with Crippen LogP contribution in [0, 0.1) is 26.0 Å². The molecule has 0 saturated heterocycles. The maximum absolute atomic E-state index is 6.43. The molecular weight excluding hydrogens is 748 g/mol. The van der Waals surface area contributed by atoms with Crippen LogP contribution in [0.2, 0.25) is 0 Å². The van der Waals surface area contributed by atoms with Gasteiger partial charge < -0.3 is 4.74 Å². The Bertz CT molecular complexity index is 2120. The number of pyridine rings is 1. The zero-order valence-electron chi connectivity index (χ0n) is 25.2. The summed E-state index contributed by atoms with van der Waals surface area (Å²) in [6.45, 7) is 4.18. The van der Waals surface area contributed by atoms with Crippen LogP contribution in [0.5, 0.6) is 11.5 Å². The van der Waals surface area contributed by atoms with Gasteiger partial charge in [0.05, 0.1) is 17.3 Å². The van der Waals surface area contributed by atoms with Gasteiger partial charge in [-0.15, -0.1) is 41.0 Å². The SMILES string of the molecule is Cc1cccc(C)c1-c1cn(-c2[c-]c(Oc3[c-]c(C4(c5ccccn5)c5ccccc5-c5ccccc54)ccc3)ccc2)nn1.[Pt+2]. The normalized spacial score (nSPS) is 12.6. The fourth-order valence-corrected chi connectivity index (χ4v) is 6.71. The molecular formula is C40H28N4OPt. The summed E-state index contributed by atoms with van der Waals surface area (Å²) in [7, 11) is 0. The Labute approximate surface area is 282 Å². The van der Waals surface area contributed by atoms with E-state index in [1.54, 1.807) is 4.68 Å². The van der Waals surface area contributed by atoms with E-state index in [0.29, 0.717) is 11.5 Å². The Kier molecular flexibility index (Phi) is 7.72. The van der Waals surface area contributed by atoms with Crippen LogP contribution in [0.3, 0.4) is 0 Å². The fraction of sp³-hybridized carbons (Fsp3) is 0.0750. The molecule has 2 aromatic heterocycles. The molecule has 8 rings (SSSR count). The van der Waals surface area contributed by atoms with Crippen LogP contribution in [-0.2, 0) is 26.5 Å². The third-order valence-electron chi connectivity index (χ3n) is 8.62. The van der Waals surface area contributed by atoms with E-state index in [-0.39, 0.29) is 21.1 Å². The van der Waals surface area contributed by atoms with E-state index in [1.165, 1.54) is 22.3 Å². The van der Waals surface area contributed by atoms with Gasteiger partial charge in [-0.25, -0.2) is 4.68 Å². The second-order valence-corrected chi connectivity index (χ2v) is 11.3. The van der Waals surface area contributed by atoms with E-state index in [1.807, 2.05) is 54.9 Å². The van der Waals surface area contributed by atoms with E-state index in [4.69, 9.17) is 9.72 Å². The Morgan fingerprint density at radius 3 is 1.98 bits per heavy atom. The fourth-order valence-electron chi connectivity index (χ4n) is 6.71. The minimum absolute atomic E-state index is 0. The molecule has 6 heteroatoms. The zero-order valence-corrected chi connectivity index (χ0v) is 27.5. The number of ether oxygens (including phenoxy) is 1. The van der Waals surface area contributed by atoms with Crippen LogP contribution in [0.15, 0.2) is 134 Å². The molecule has 0 saturated carbocycles. The molecule has 46 heavy (non-hydrogen) atoms. The minimum Gasteiger partial charge on any atom is -0.509 e. The molecule has 0 spiro atoms. The summed E-state index contributed by atoms with van der Waals surface area (Å²) in [6.07, 6.45) is 3.79. The van der Waals surface area contributed by atoms with Gasteiger partial charge in [0.15, 0.2) is 0 Å². The van der Waals surface area contributed by atoms with Crippen molar-refractivity contribution in [2.75, 3.05) is 0 Å². The van der Waals surface area contributed by atoms with Crippen LogP contribution >= 0.6 is 0 Å². The van der Waals surface area contributed by atoms with Gasteiger partial charge in [0, 0.05) is 23.3 Å². The van der Waals surface area contributed by atoms with Gasteiger partial charge in [-0.3, -0.25) is 4.98 Å². The molecule has 1 aliphatic carbocycles. The smallest absolute Gasteiger partial charge is 0.509 e. The van der Waals surface area contributed by atoms with Crippen LogP contribution in [0.1, 0.15) is 33.5 Å². The number of rotatable bonds is 6. The van der Waals surface area contributed by atoms with Crippen LogP contribution in [0.4, 0.5) is 0 Å². The minimum atomic E-state index is -0.649. The average Bonchev–Trinajstić information content (AvgIpc) is 3.68. The summed E-state index contributed by atoms with van der Waals surface area (Å²) < 4.78 is 8.17. The number of nitrogens with zero attached hydrogens (tertiary/aromatic N) is 4. The van der Waals surface area contributed by atoms with Crippen molar-refractivity contribution in [3.63, 3.8) is 0 Å². The number of benzene rings is 5. The van der Waals surface area contributed by atoms with Crippen LogP contribution in [0.25, 0.3) is 28.1 Å². The molecule has 7 aromatic rings. The van der Waals surface area contributed by atoms with E-state index in [0.717, 1.165) is 39.3 Å². The van der Waals surface area contributed by atoms with Crippen LogP contribution in [-0.4, -0.2) is 20.0 Å². The zero-order chi connectivity index (χ0) is 30.4. The summed E-state index contributed by atoms with van der Waals surface area (Å²) in [5, 5.41) is 8.88. The second-order valence-electron chi connectivity index (χ2n) is 11.3. The van der Waals surface area contributed by atoms with Gasteiger partial charge in [0.2, 0.25) is 0 Å². The number of aromatic nitrogens is 4. The van der Waals surface area contributed by atoms with Gasteiger partial charge in [-0.1, -0.05) is 78.0 Å². The summed E-state index contributed by atoms with van der Waals surface area (Å²) in [5.41, 5.74) is 11.0. The first-order valence-electron chi connectivity index (χ1n) is 15.0. The van der Waals surface area contributed by atoms with Crippen molar-refractivity contribution in [2.24, 2.45) is 0 Å². The molecule has 2 heterocycles.